The minimum absolute atomic E-state index is 0.0378. The normalized spacial score (nSPS) is 20.4. The minimum Gasteiger partial charge on any atom is -0.464 e. The summed E-state index contributed by atoms with van der Waals surface area (Å²) in [5.41, 5.74) is 0. The number of esters is 1. The van der Waals surface area contributed by atoms with Crippen LogP contribution < -0.4 is 0 Å². The van der Waals surface area contributed by atoms with Gasteiger partial charge in [-0.2, -0.15) is 0 Å². The van der Waals surface area contributed by atoms with E-state index in [0.717, 1.165) is 23.8 Å². The van der Waals surface area contributed by atoms with Crippen molar-refractivity contribution < 1.29 is 23.1 Å². The average Bonchev–Trinajstić information content (AvgIpc) is 3.23. The number of rotatable bonds is 4. The van der Waals surface area contributed by atoms with E-state index in [1.54, 1.807) is 6.07 Å². The number of morpholine rings is 1. The second kappa shape index (κ2) is 6.60. The third kappa shape index (κ3) is 3.33. The first kappa shape index (κ1) is 15.8. The van der Waals surface area contributed by atoms with Gasteiger partial charge in [0.05, 0.1) is 19.8 Å². The van der Waals surface area contributed by atoms with Crippen LogP contribution >= 0.6 is 0 Å². The Morgan fingerprint density at radius 2 is 2.13 bits per heavy atom. The molecule has 0 aliphatic carbocycles. The first-order valence-electron chi connectivity index (χ1n) is 7.68. The first-order chi connectivity index (χ1) is 11.1. The van der Waals surface area contributed by atoms with Crippen LogP contribution in [0.5, 0.6) is 0 Å². The maximum atomic E-state index is 11.5. The molecule has 23 heavy (non-hydrogen) atoms. The highest BCUT2D eigenvalue weighted by Gasteiger charge is 2.29. The summed E-state index contributed by atoms with van der Waals surface area (Å²) in [5, 5.41) is 0. The van der Waals surface area contributed by atoms with E-state index in [2.05, 4.69) is 16.6 Å². The largest absolute Gasteiger partial charge is 0.464 e. The van der Waals surface area contributed by atoms with Gasteiger partial charge in [0.25, 0.3) is 0 Å². The van der Waals surface area contributed by atoms with Crippen molar-refractivity contribution in [3.8, 4) is 0 Å². The Bertz CT molecular complexity index is 674. The zero-order valence-corrected chi connectivity index (χ0v) is 13.6. The smallest absolute Gasteiger partial charge is 0.373 e. The van der Waals surface area contributed by atoms with Gasteiger partial charge in [0.2, 0.25) is 5.76 Å². The van der Waals surface area contributed by atoms with E-state index in [0.29, 0.717) is 13.2 Å². The fourth-order valence-corrected chi connectivity index (χ4v) is 2.79. The van der Waals surface area contributed by atoms with Crippen LogP contribution in [0.2, 0.25) is 0 Å². The topological polar surface area (TPSA) is 65.0 Å². The highest BCUT2D eigenvalue weighted by Crippen LogP contribution is 2.30. The molecular formula is C17H21NO5. The van der Waals surface area contributed by atoms with Crippen LogP contribution in [-0.4, -0.2) is 37.7 Å². The molecule has 0 radical (unpaired) electrons. The standard InChI is InChI=1S/C17H21NO5/c1-11-4-5-14(22-11)16-10-18(8-9-21-16)12(2)13-6-7-15(23-13)17(19)20-3/h4-7,12,16H,8-10H2,1-3H3/t12-,16-/m1/s1. The molecule has 2 atom stereocenters. The van der Waals surface area contributed by atoms with Gasteiger partial charge < -0.3 is 18.3 Å². The summed E-state index contributed by atoms with van der Waals surface area (Å²) in [6, 6.07) is 7.40. The Kier molecular flexibility index (Phi) is 4.54. The van der Waals surface area contributed by atoms with E-state index in [1.807, 2.05) is 25.1 Å². The van der Waals surface area contributed by atoms with Crippen LogP contribution in [0, 0.1) is 6.92 Å². The third-order valence-electron chi connectivity index (χ3n) is 4.15. The van der Waals surface area contributed by atoms with E-state index < -0.39 is 5.97 Å². The van der Waals surface area contributed by atoms with Gasteiger partial charge in [-0.15, -0.1) is 0 Å². The number of furan rings is 2. The van der Waals surface area contributed by atoms with Gasteiger partial charge in [0.1, 0.15) is 23.4 Å². The van der Waals surface area contributed by atoms with Crippen LogP contribution in [0.3, 0.4) is 0 Å². The van der Waals surface area contributed by atoms with Crippen molar-refractivity contribution in [2.24, 2.45) is 0 Å². The molecule has 1 saturated heterocycles. The number of carbonyl (C=O) groups excluding carboxylic acids is 1. The molecule has 2 aromatic heterocycles. The van der Waals surface area contributed by atoms with E-state index >= 15 is 0 Å². The average molecular weight is 319 g/mol. The van der Waals surface area contributed by atoms with Crippen molar-refractivity contribution in [2.45, 2.75) is 26.0 Å². The van der Waals surface area contributed by atoms with Crippen LogP contribution in [0.15, 0.2) is 33.1 Å². The molecule has 124 valence electrons. The molecule has 0 amide bonds. The molecule has 1 aliphatic heterocycles. The number of aryl methyl sites for hydroxylation is 1. The molecule has 6 heteroatoms. The molecule has 0 unspecified atom stereocenters. The molecule has 0 bridgehead atoms. The molecule has 1 aliphatic rings. The Morgan fingerprint density at radius 1 is 1.30 bits per heavy atom. The van der Waals surface area contributed by atoms with Gasteiger partial charge in [0, 0.05) is 13.1 Å². The zero-order chi connectivity index (χ0) is 16.4. The van der Waals surface area contributed by atoms with E-state index in [-0.39, 0.29) is 17.9 Å². The fourth-order valence-electron chi connectivity index (χ4n) is 2.79. The molecule has 3 rings (SSSR count). The van der Waals surface area contributed by atoms with Gasteiger partial charge in [-0.3, -0.25) is 4.90 Å². The lowest BCUT2D eigenvalue weighted by atomic mass is 10.1. The lowest BCUT2D eigenvalue weighted by molar-refractivity contribution is -0.0549. The van der Waals surface area contributed by atoms with E-state index in [9.17, 15) is 4.79 Å². The van der Waals surface area contributed by atoms with Crippen molar-refractivity contribution in [1.82, 2.24) is 4.90 Å². The van der Waals surface area contributed by atoms with Crippen LogP contribution in [-0.2, 0) is 9.47 Å². The second-order valence-corrected chi connectivity index (χ2v) is 5.67. The van der Waals surface area contributed by atoms with Gasteiger partial charge in [-0.25, -0.2) is 4.79 Å². The SMILES string of the molecule is COC(=O)c1ccc([C@@H](C)N2CCO[C@@H](c3ccc(C)o3)C2)o1. The van der Waals surface area contributed by atoms with E-state index in [1.165, 1.54) is 7.11 Å². The number of nitrogens with zero attached hydrogens (tertiary/aromatic N) is 1. The van der Waals surface area contributed by atoms with Gasteiger partial charge >= 0.3 is 5.97 Å². The monoisotopic (exact) mass is 319 g/mol. The van der Waals surface area contributed by atoms with Crippen molar-refractivity contribution in [3.63, 3.8) is 0 Å². The van der Waals surface area contributed by atoms with Crippen LogP contribution in [0.4, 0.5) is 0 Å². The molecular weight excluding hydrogens is 298 g/mol. The highest BCUT2D eigenvalue weighted by molar-refractivity contribution is 5.86. The molecule has 6 nitrogen and oxygen atoms in total. The maximum absolute atomic E-state index is 11.5. The fraction of sp³-hybridized carbons (Fsp3) is 0.471. The lowest BCUT2D eigenvalue weighted by Gasteiger charge is -2.35. The molecule has 0 N–H and O–H groups in total. The second-order valence-electron chi connectivity index (χ2n) is 5.67. The third-order valence-corrected chi connectivity index (χ3v) is 4.15. The number of hydrogen-bond acceptors (Lipinski definition) is 6. The Morgan fingerprint density at radius 3 is 2.83 bits per heavy atom. The Hall–Kier alpha value is -2.05. The number of ether oxygens (including phenoxy) is 2. The Labute approximate surface area is 135 Å². The van der Waals surface area contributed by atoms with Gasteiger partial charge in [-0.1, -0.05) is 0 Å². The van der Waals surface area contributed by atoms with Crippen LogP contribution in [0.1, 0.15) is 46.9 Å². The van der Waals surface area contributed by atoms with E-state index in [4.69, 9.17) is 13.6 Å². The predicted octanol–water partition coefficient (Wildman–Crippen LogP) is 3.10. The van der Waals surface area contributed by atoms with Crippen molar-refractivity contribution >= 4 is 5.97 Å². The minimum atomic E-state index is -0.464. The summed E-state index contributed by atoms with van der Waals surface area (Å²) in [6.07, 6.45) is -0.0880. The zero-order valence-electron chi connectivity index (χ0n) is 13.6. The number of methoxy groups -OCH3 is 1. The molecule has 1 fully saturated rings. The van der Waals surface area contributed by atoms with Gasteiger partial charge in [0.15, 0.2) is 0 Å². The van der Waals surface area contributed by atoms with Crippen LogP contribution in [0.25, 0.3) is 0 Å². The predicted molar refractivity (Wildman–Crippen MR) is 82.2 cm³/mol. The number of carbonyl (C=O) groups is 1. The summed E-state index contributed by atoms with van der Waals surface area (Å²) in [6.45, 7) is 6.10. The Balaban J connectivity index is 1.70. The summed E-state index contributed by atoms with van der Waals surface area (Å²) < 4.78 is 21.8. The maximum Gasteiger partial charge on any atom is 0.373 e. The highest BCUT2D eigenvalue weighted by atomic mass is 16.5. The van der Waals surface area contributed by atoms with Crippen molar-refractivity contribution in [3.05, 3.63) is 47.3 Å². The lowest BCUT2D eigenvalue weighted by Crippen LogP contribution is -2.39. The first-order valence-corrected chi connectivity index (χ1v) is 7.68. The summed E-state index contributed by atoms with van der Waals surface area (Å²) in [7, 11) is 1.34. The molecule has 0 aromatic carbocycles. The van der Waals surface area contributed by atoms with Crippen molar-refractivity contribution in [1.29, 1.82) is 0 Å². The molecule has 0 saturated carbocycles. The summed E-state index contributed by atoms with van der Waals surface area (Å²) in [4.78, 5) is 13.8. The van der Waals surface area contributed by atoms with Gasteiger partial charge in [-0.05, 0) is 38.1 Å². The molecule has 2 aromatic rings. The molecule has 3 heterocycles. The molecule has 0 spiro atoms. The van der Waals surface area contributed by atoms with Crippen molar-refractivity contribution in [2.75, 3.05) is 26.8 Å². The summed E-state index contributed by atoms with van der Waals surface area (Å²) in [5.74, 6) is 2.22. The quantitative estimate of drug-likeness (QED) is 0.807. The number of hydrogen-bond donors (Lipinski definition) is 0. The summed E-state index contributed by atoms with van der Waals surface area (Å²) >= 11 is 0.